The zero-order valence-electron chi connectivity index (χ0n) is 14.2. The standard InChI is InChI=1S/C17H32N2O3/c1-3-4-5-6-7-8-9-22-13-16-10-15(2)19(12-16)17(21)11-18-14-20/h14-16H,3-13H2,1-2H3,(H,18,20). The Hall–Kier alpha value is -1.10. The van der Waals surface area contributed by atoms with Crippen molar-refractivity contribution in [3.8, 4) is 0 Å². The average molecular weight is 312 g/mol. The Morgan fingerprint density at radius 2 is 2.00 bits per heavy atom. The topological polar surface area (TPSA) is 58.6 Å². The average Bonchev–Trinajstić information content (AvgIpc) is 2.88. The number of nitrogens with zero attached hydrogens (tertiary/aromatic N) is 1. The van der Waals surface area contributed by atoms with Crippen LogP contribution in [0.4, 0.5) is 0 Å². The molecule has 1 saturated heterocycles. The second-order valence-electron chi connectivity index (χ2n) is 6.34. The van der Waals surface area contributed by atoms with Gasteiger partial charge < -0.3 is 15.0 Å². The zero-order chi connectivity index (χ0) is 16.2. The van der Waals surface area contributed by atoms with E-state index in [-0.39, 0.29) is 18.5 Å². The largest absolute Gasteiger partial charge is 0.381 e. The fourth-order valence-corrected chi connectivity index (χ4v) is 3.08. The highest BCUT2D eigenvalue weighted by molar-refractivity contribution is 5.80. The Morgan fingerprint density at radius 3 is 2.73 bits per heavy atom. The number of ether oxygens (including phenoxy) is 1. The Balaban J connectivity index is 2.07. The van der Waals surface area contributed by atoms with Crippen molar-refractivity contribution >= 4 is 12.3 Å². The van der Waals surface area contributed by atoms with E-state index in [1.807, 2.05) is 4.90 Å². The van der Waals surface area contributed by atoms with Crippen molar-refractivity contribution in [3.63, 3.8) is 0 Å². The van der Waals surface area contributed by atoms with Gasteiger partial charge in [-0.1, -0.05) is 39.0 Å². The second kappa shape index (κ2) is 11.5. The summed E-state index contributed by atoms with van der Waals surface area (Å²) in [6, 6.07) is 0.239. The van der Waals surface area contributed by atoms with E-state index in [9.17, 15) is 9.59 Å². The van der Waals surface area contributed by atoms with Gasteiger partial charge in [-0.2, -0.15) is 0 Å². The predicted molar refractivity (Wildman–Crippen MR) is 87.5 cm³/mol. The van der Waals surface area contributed by atoms with E-state index in [1.54, 1.807) is 0 Å². The highest BCUT2D eigenvalue weighted by Crippen LogP contribution is 2.23. The molecule has 0 saturated carbocycles. The minimum Gasteiger partial charge on any atom is -0.381 e. The first-order valence-corrected chi connectivity index (χ1v) is 8.73. The van der Waals surface area contributed by atoms with E-state index in [1.165, 1.54) is 32.1 Å². The van der Waals surface area contributed by atoms with Gasteiger partial charge in [-0.3, -0.25) is 9.59 Å². The predicted octanol–water partition coefficient (Wildman–Crippen LogP) is 2.35. The zero-order valence-corrected chi connectivity index (χ0v) is 14.2. The van der Waals surface area contributed by atoms with Crippen LogP contribution < -0.4 is 5.32 Å². The van der Waals surface area contributed by atoms with Crippen LogP contribution in [0.15, 0.2) is 0 Å². The lowest BCUT2D eigenvalue weighted by Crippen LogP contribution is -2.40. The van der Waals surface area contributed by atoms with Gasteiger partial charge in [-0.25, -0.2) is 0 Å². The molecule has 0 radical (unpaired) electrons. The molecule has 22 heavy (non-hydrogen) atoms. The van der Waals surface area contributed by atoms with E-state index < -0.39 is 0 Å². The van der Waals surface area contributed by atoms with E-state index in [0.29, 0.717) is 12.3 Å². The molecule has 0 bridgehead atoms. The van der Waals surface area contributed by atoms with E-state index in [2.05, 4.69) is 19.2 Å². The van der Waals surface area contributed by atoms with Crippen LogP contribution >= 0.6 is 0 Å². The summed E-state index contributed by atoms with van der Waals surface area (Å²) in [5.74, 6) is 0.424. The third-order valence-electron chi connectivity index (χ3n) is 4.31. The Bertz CT molecular complexity index is 323. The Morgan fingerprint density at radius 1 is 1.27 bits per heavy atom. The van der Waals surface area contributed by atoms with Crippen LogP contribution in [-0.2, 0) is 14.3 Å². The maximum absolute atomic E-state index is 11.9. The molecule has 2 amide bonds. The van der Waals surface area contributed by atoms with Crippen LogP contribution in [0.5, 0.6) is 0 Å². The summed E-state index contributed by atoms with van der Waals surface area (Å²) in [5.41, 5.74) is 0. The normalized spacial score (nSPS) is 21.1. The summed E-state index contributed by atoms with van der Waals surface area (Å²) >= 11 is 0. The SMILES string of the molecule is CCCCCCCCOCC1CC(C)N(C(=O)CNC=O)C1. The molecule has 1 aliphatic rings. The number of hydrogen-bond donors (Lipinski definition) is 1. The lowest BCUT2D eigenvalue weighted by atomic mass is 10.1. The number of rotatable bonds is 12. The summed E-state index contributed by atoms with van der Waals surface area (Å²) in [4.78, 5) is 24.0. The number of amides is 2. The van der Waals surface area contributed by atoms with E-state index in [4.69, 9.17) is 4.74 Å². The van der Waals surface area contributed by atoms with Crippen LogP contribution in [0.25, 0.3) is 0 Å². The van der Waals surface area contributed by atoms with E-state index >= 15 is 0 Å². The van der Waals surface area contributed by atoms with Crippen LogP contribution in [0.3, 0.4) is 0 Å². The van der Waals surface area contributed by atoms with Crippen molar-refractivity contribution in [2.45, 2.75) is 64.8 Å². The molecule has 0 aliphatic carbocycles. The first-order chi connectivity index (χ1) is 10.7. The van der Waals surface area contributed by atoms with Crippen molar-refractivity contribution in [2.24, 2.45) is 5.92 Å². The molecule has 0 spiro atoms. The van der Waals surface area contributed by atoms with Crippen molar-refractivity contribution in [1.82, 2.24) is 10.2 Å². The molecule has 1 heterocycles. The molecule has 1 N–H and O–H groups in total. The van der Waals surface area contributed by atoms with Gasteiger partial charge >= 0.3 is 0 Å². The molecule has 0 aromatic carbocycles. The second-order valence-corrected chi connectivity index (χ2v) is 6.34. The summed E-state index contributed by atoms with van der Waals surface area (Å²) in [5, 5.41) is 2.44. The van der Waals surface area contributed by atoms with Crippen LogP contribution in [0.2, 0.25) is 0 Å². The van der Waals surface area contributed by atoms with Crippen LogP contribution in [0.1, 0.15) is 58.8 Å². The molecule has 2 atom stereocenters. The van der Waals surface area contributed by atoms with Crippen molar-refractivity contribution < 1.29 is 14.3 Å². The number of carbonyl (C=O) groups is 2. The fourth-order valence-electron chi connectivity index (χ4n) is 3.08. The van der Waals surface area contributed by atoms with Crippen LogP contribution in [-0.4, -0.2) is 49.6 Å². The van der Waals surface area contributed by atoms with Gasteiger partial charge in [0, 0.05) is 25.1 Å². The van der Waals surface area contributed by atoms with E-state index in [0.717, 1.165) is 32.6 Å². The number of likely N-dealkylation sites (tertiary alicyclic amines) is 1. The van der Waals surface area contributed by atoms with Crippen molar-refractivity contribution in [3.05, 3.63) is 0 Å². The third-order valence-corrected chi connectivity index (χ3v) is 4.31. The number of unbranched alkanes of at least 4 members (excludes halogenated alkanes) is 5. The summed E-state index contributed by atoms with van der Waals surface area (Å²) < 4.78 is 5.77. The molecule has 1 aliphatic heterocycles. The molecule has 5 nitrogen and oxygen atoms in total. The lowest BCUT2D eigenvalue weighted by molar-refractivity contribution is -0.131. The van der Waals surface area contributed by atoms with Crippen LogP contribution in [0, 0.1) is 5.92 Å². The smallest absolute Gasteiger partial charge is 0.242 e. The molecule has 0 aromatic rings. The first kappa shape index (κ1) is 18.9. The minimum atomic E-state index is -0.00183. The van der Waals surface area contributed by atoms with Gasteiger partial charge in [0.25, 0.3) is 0 Å². The number of nitrogens with one attached hydrogen (secondary N) is 1. The summed E-state index contributed by atoms with van der Waals surface area (Å²) in [6.45, 7) is 6.71. The molecule has 2 unspecified atom stereocenters. The monoisotopic (exact) mass is 312 g/mol. The first-order valence-electron chi connectivity index (χ1n) is 8.73. The highest BCUT2D eigenvalue weighted by atomic mass is 16.5. The number of hydrogen-bond acceptors (Lipinski definition) is 3. The van der Waals surface area contributed by atoms with Gasteiger partial charge in [0.1, 0.15) is 0 Å². The highest BCUT2D eigenvalue weighted by Gasteiger charge is 2.31. The minimum absolute atomic E-state index is 0.00183. The fraction of sp³-hybridized carbons (Fsp3) is 0.882. The van der Waals surface area contributed by atoms with Gasteiger partial charge in [-0.05, 0) is 19.8 Å². The van der Waals surface area contributed by atoms with Gasteiger partial charge in [0.05, 0.1) is 13.2 Å². The molecular weight excluding hydrogens is 280 g/mol. The molecule has 1 rings (SSSR count). The Labute approximate surface area is 134 Å². The molecule has 1 fully saturated rings. The van der Waals surface area contributed by atoms with Gasteiger partial charge in [0.15, 0.2) is 0 Å². The van der Waals surface area contributed by atoms with Gasteiger partial charge in [0.2, 0.25) is 12.3 Å². The van der Waals surface area contributed by atoms with Crippen molar-refractivity contribution in [1.29, 1.82) is 0 Å². The lowest BCUT2D eigenvalue weighted by Gasteiger charge is -2.21. The number of carbonyl (C=O) groups excluding carboxylic acids is 2. The molecule has 0 aromatic heterocycles. The summed E-state index contributed by atoms with van der Waals surface area (Å²) in [7, 11) is 0. The molecule has 128 valence electrons. The maximum atomic E-state index is 11.9. The molecular formula is C17H32N2O3. The Kier molecular flexibility index (Phi) is 9.87. The summed E-state index contributed by atoms with van der Waals surface area (Å²) in [6.07, 6.45) is 9.22. The third kappa shape index (κ3) is 7.25. The molecule has 5 heteroatoms. The van der Waals surface area contributed by atoms with Gasteiger partial charge in [-0.15, -0.1) is 0 Å². The quantitative estimate of drug-likeness (QED) is 0.444. The van der Waals surface area contributed by atoms with Crippen molar-refractivity contribution in [2.75, 3.05) is 26.3 Å². The maximum Gasteiger partial charge on any atom is 0.242 e.